The zero-order valence-electron chi connectivity index (χ0n) is 11.7. The van der Waals surface area contributed by atoms with E-state index < -0.39 is 0 Å². The lowest BCUT2D eigenvalue weighted by molar-refractivity contribution is 0.419. The quantitative estimate of drug-likeness (QED) is 0.563. The number of nitrogens with zero attached hydrogens (tertiary/aromatic N) is 1. The SMILES string of the molecule is COc1cc(Br)cc2[nH]cc(-c3cnc(-c4ccc[nH]4)o3)c12. The maximum absolute atomic E-state index is 5.88. The number of oxazole rings is 1. The zero-order valence-corrected chi connectivity index (χ0v) is 13.3. The molecule has 0 unspecified atom stereocenters. The van der Waals surface area contributed by atoms with Crippen molar-refractivity contribution in [2.45, 2.75) is 0 Å². The van der Waals surface area contributed by atoms with Crippen LogP contribution in [0.5, 0.6) is 5.75 Å². The molecule has 1 aromatic carbocycles. The molecule has 0 aliphatic heterocycles. The number of hydrogen-bond acceptors (Lipinski definition) is 3. The van der Waals surface area contributed by atoms with Gasteiger partial charge in [-0.1, -0.05) is 15.9 Å². The fraction of sp³-hybridized carbons (Fsp3) is 0.0625. The van der Waals surface area contributed by atoms with E-state index in [0.717, 1.165) is 32.4 Å². The summed E-state index contributed by atoms with van der Waals surface area (Å²) < 4.78 is 12.3. The standard InChI is InChI=1S/C16H12BrN3O2/c1-21-13-6-9(17)5-12-15(13)10(7-19-12)14-8-20-16(22-14)11-3-2-4-18-11/h2-8,18-19H,1H3. The van der Waals surface area contributed by atoms with Gasteiger partial charge in [-0.3, -0.25) is 0 Å². The van der Waals surface area contributed by atoms with Crippen molar-refractivity contribution in [1.82, 2.24) is 15.0 Å². The van der Waals surface area contributed by atoms with Crippen molar-refractivity contribution in [2.75, 3.05) is 7.11 Å². The Kier molecular flexibility index (Phi) is 3.04. The van der Waals surface area contributed by atoms with E-state index in [9.17, 15) is 0 Å². The van der Waals surface area contributed by atoms with Crippen LogP contribution in [-0.4, -0.2) is 22.1 Å². The lowest BCUT2D eigenvalue weighted by atomic mass is 10.1. The van der Waals surface area contributed by atoms with Gasteiger partial charge in [0.2, 0.25) is 5.89 Å². The van der Waals surface area contributed by atoms with Crippen molar-refractivity contribution < 1.29 is 9.15 Å². The molecule has 0 saturated heterocycles. The van der Waals surface area contributed by atoms with Gasteiger partial charge in [-0.25, -0.2) is 4.98 Å². The number of methoxy groups -OCH3 is 1. The molecule has 22 heavy (non-hydrogen) atoms. The molecule has 3 aromatic heterocycles. The molecule has 5 nitrogen and oxygen atoms in total. The lowest BCUT2D eigenvalue weighted by Gasteiger charge is -2.04. The third-order valence-corrected chi connectivity index (χ3v) is 3.99. The highest BCUT2D eigenvalue weighted by Crippen LogP contribution is 2.38. The van der Waals surface area contributed by atoms with Gasteiger partial charge in [-0.15, -0.1) is 0 Å². The molecule has 0 aliphatic rings. The highest BCUT2D eigenvalue weighted by molar-refractivity contribution is 9.10. The van der Waals surface area contributed by atoms with Gasteiger partial charge < -0.3 is 19.1 Å². The minimum absolute atomic E-state index is 0.561. The normalized spacial score (nSPS) is 11.2. The zero-order chi connectivity index (χ0) is 15.1. The van der Waals surface area contributed by atoms with Crippen LogP contribution in [0.25, 0.3) is 33.8 Å². The second kappa shape index (κ2) is 5.06. The molecule has 0 amide bonds. The van der Waals surface area contributed by atoms with Crippen LogP contribution < -0.4 is 4.74 Å². The van der Waals surface area contributed by atoms with Crippen molar-refractivity contribution in [3.63, 3.8) is 0 Å². The first-order valence-electron chi connectivity index (χ1n) is 6.71. The highest BCUT2D eigenvalue weighted by Gasteiger charge is 2.16. The maximum Gasteiger partial charge on any atom is 0.243 e. The number of aromatic amines is 2. The summed E-state index contributed by atoms with van der Waals surface area (Å²) >= 11 is 3.48. The average molecular weight is 358 g/mol. The number of aromatic nitrogens is 3. The van der Waals surface area contributed by atoms with E-state index >= 15 is 0 Å². The van der Waals surface area contributed by atoms with E-state index in [1.165, 1.54) is 0 Å². The third-order valence-electron chi connectivity index (χ3n) is 3.53. The molecular formula is C16H12BrN3O2. The monoisotopic (exact) mass is 357 g/mol. The smallest absolute Gasteiger partial charge is 0.243 e. The summed E-state index contributed by atoms with van der Waals surface area (Å²) in [5, 5.41) is 0.972. The molecule has 4 rings (SSSR count). The van der Waals surface area contributed by atoms with E-state index in [2.05, 4.69) is 30.9 Å². The molecule has 4 aromatic rings. The van der Waals surface area contributed by atoms with E-state index in [1.807, 2.05) is 36.7 Å². The van der Waals surface area contributed by atoms with Crippen LogP contribution in [0.1, 0.15) is 0 Å². The van der Waals surface area contributed by atoms with Crippen LogP contribution >= 0.6 is 15.9 Å². The molecule has 0 radical (unpaired) electrons. The van der Waals surface area contributed by atoms with Crippen molar-refractivity contribution in [3.8, 4) is 28.7 Å². The van der Waals surface area contributed by atoms with Crippen LogP contribution in [0.2, 0.25) is 0 Å². The van der Waals surface area contributed by atoms with Crippen molar-refractivity contribution in [2.24, 2.45) is 0 Å². The van der Waals surface area contributed by atoms with Gasteiger partial charge in [0.15, 0.2) is 5.76 Å². The van der Waals surface area contributed by atoms with Gasteiger partial charge in [-0.2, -0.15) is 0 Å². The maximum atomic E-state index is 5.88. The summed E-state index contributed by atoms with van der Waals surface area (Å²) in [6.45, 7) is 0. The average Bonchev–Trinajstić information content (AvgIpc) is 3.24. The molecule has 0 spiro atoms. The first-order valence-corrected chi connectivity index (χ1v) is 7.50. The minimum atomic E-state index is 0.561. The fourth-order valence-corrected chi connectivity index (χ4v) is 2.97. The van der Waals surface area contributed by atoms with Gasteiger partial charge in [0.05, 0.1) is 24.2 Å². The van der Waals surface area contributed by atoms with Crippen LogP contribution in [-0.2, 0) is 0 Å². The Labute approximate surface area is 134 Å². The predicted octanol–water partition coefficient (Wildman–Crippen LogP) is 4.59. The molecule has 0 atom stereocenters. The number of nitrogens with one attached hydrogen (secondary N) is 2. The highest BCUT2D eigenvalue weighted by atomic mass is 79.9. The van der Waals surface area contributed by atoms with Crippen LogP contribution in [0, 0.1) is 0 Å². The number of halogens is 1. The Bertz CT molecular complexity index is 938. The molecule has 0 fully saturated rings. The van der Waals surface area contributed by atoms with Crippen LogP contribution in [0.15, 0.2) is 51.7 Å². The molecule has 0 saturated carbocycles. The minimum Gasteiger partial charge on any atom is -0.496 e. The molecule has 6 heteroatoms. The number of H-pyrrole nitrogens is 2. The molecule has 0 aliphatic carbocycles. The van der Waals surface area contributed by atoms with Crippen molar-refractivity contribution in [3.05, 3.63) is 47.3 Å². The fourth-order valence-electron chi connectivity index (χ4n) is 2.54. The van der Waals surface area contributed by atoms with E-state index in [1.54, 1.807) is 13.3 Å². The lowest BCUT2D eigenvalue weighted by Crippen LogP contribution is -1.85. The van der Waals surface area contributed by atoms with Crippen LogP contribution in [0.3, 0.4) is 0 Å². The van der Waals surface area contributed by atoms with E-state index in [-0.39, 0.29) is 0 Å². The molecule has 0 bridgehead atoms. The summed E-state index contributed by atoms with van der Waals surface area (Å²) in [4.78, 5) is 10.7. The summed E-state index contributed by atoms with van der Waals surface area (Å²) in [6, 6.07) is 7.76. The Morgan fingerprint density at radius 1 is 1.27 bits per heavy atom. The Hall–Kier alpha value is -2.47. The molecule has 110 valence electrons. The molecule has 3 heterocycles. The predicted molar refractivity (Wildman–Crippen MR) is 87.8 cm³/mol. The van der Waals surface area contributed by atoms with Crippen molar-refractivity contribution in [1.29, 1.82) is 0 Å². The summed E-state index contributed by atoms with van der Waals surface area (Å²) in [5.74, 6) is 2.03. The number of fused-ring (bicyclic) bond motifs is 1. The van der Waals surface area contributed by atoms with Gasteiger partial charge in [0, 0.05) is 22.4 Å². The number of rotatable bonds is 3. The largest absolute Gasteiger partial charge is 0.496 e. The van der Waals surface area contributed by atoms with Gasteiger partial charge >= 0.3 is 0 Å². The number of hydrogen-bond donors (Lipinski definition) is 2. The molecule has 2 N–H and O–H groups in total. The first kappa shape index (κ1) is 13.2. The van der Waals surface area contributed by atoms with Gasteiger partial charge in [-0.05, 0) is 24.3 Å². The third kappa shape index (κ3) is 2.03. The van der Waals surface area contributed by atoms with Gasteiger partial charge in [0.1, 0.15) is 11.4 Å². The summed E-state index contributed by atoms with van der Waals surface area (Å²) in [7, 11) is 1.66. The second-order valence-corrected chi connectivity index (χ2v) is 5.76. The summed E-state index contributed by atoms with van der Waals surface area (Å²) in [6.07, 6.45) is 5.46. The Morgan fingerprint density at radius 2 is 2.18 bits per heavy atom. The summed E-state index contributed by atoms with van der Waals surface area (Å²) in [5.41, 5.74) is 2.74. The van der Waals surface area contributed by atoms with E-state index in [4.69, 9.17) is 9.15 Å². The topological polar surface area (TPSA) is 66.8 Å². The molecular weight excluding hydrogens is 346 g/mol. The van der Waals surface area contributed by atoms with E-state index in [0.29, 0.717) is 11.7 Å². The van der Waals surface area contributed by atoms with Crippen LogP contribution in [0.4, 0.5) is 0 Å². The van der Waals surface area contributed by atoms with Gasteiger partial charge in [0.25, 0.3) is 0 Å². The number of ether oxygens (including phenoxy) is 1. The Balaban J connectivity index is 1.88. The Morgan fingerprint density at radius 3 is 2.95 bits per heavy atom. The number of benzene rings is 1. The van der Waals surface area contributed by atoms with Crippen molar-refractivity contribution >= 4 is 26.8 Å². The second-order valence-electron chi connectivity index (χ2n) is 4.85. The first-order chi connectivity index (χ1) is 10.8.